The Morgan fingerprint density at radius 3 is 2.48 bits per heavy atom. The maximum absolute atomic E-state index is 12.8. The van der Waals surface area contributed by atoms with Crippen molar-refractivity contribution < 1.29 is 14.6 Å². The molecule has 2 aromatic carbocycles. The van der Waals surface area contributed by atoms with E-state index in [2.05, 4.69) is 21.9 Å². The average molecular weight is 396 g/mol. The predicted molar refractivity (Wildman–Crippen MR) is 114 cm³/mol. The third-order valence-corrected chi connectivity index (χ3v) is 6.05. The number of nitrogens with zero attached hydrogens (tertiary/aromatic N) is 3. The largest absolute Gasteiger partial charge is 0.508 e. The Morgan fingerprint density at radius 1 is 1.03 bits per heavy atom. The summed E-state index contributed by atoms with van der Waals surface area (Å²) < 4.78 is 5.25. The molecule has 2 aromatic rings. The van der Waals surface area contributed by atoms with Gasteiger partial charge >= 0.3 is 0 Å². The van der Waals surface area contributed by atoms with Crippen molar-refractivity contribution in [1.29, 1.82) is 0 Å². The van der Waals surface area contributed by atoms with Crippen LogP contribution in [0.15, 0.2) is 48.5 Å². The first-order valence-electron chi connectivity index (χ1n) is 10.4. The summed E-state index contributed by atoms with van der Waals surface area (Å²) >= 11 is 0. The van der Waals surface area contributed by atoms with Gasteiger partial charge in [0.05, 0.1) is 7.11 Å². The highest BCUT2D eigenvalue weighted by Gasteiger charge is 2.30. The first-order chi connectivity index (χ1) is 14.1. The molecule has 2 saturated heterocycles. The topological polar surface area (TPSA) is 56.2 Å². The second-order valence-corrected chi connectivity index (χ2v) is 7.82. The number of carbonyl (C=O) groups is 1. The maximum Gasteiger partial charge on any atom is 0.254 e. The van der Waals surface area contributed by atoms with Crippen molar-refractivity contribution in [1.82, 2.24) is 9.80 Å². The fourth-order valence-corrected chi connectivity index (χ4v) is 4.40. The molecular weight excluding hydrogens is 366 g/mol. The number of amides is 1. The molecule has 6 heteroatoms. The van der Waals surface area contributed by atoms with Crippen molar-refractivity contribution in [3.63, 3.8) is 0 Å². The zero-order chi connectivity index (χ0) is 20.2. The van der Waals surface area contributed by atoms with Crippen LogP contribution in [0.1, 0.15) is 23.2 Å². The number of anilines is 1. The molecule has 0 unspecified atom stereocenters. The van der Waals surface area contributed by atoms with E-state index in [0.717, 1.165) is 57.9 Å². The quantitative estimate of drug-likeness (QED) is 0.863. The minimum atomic E-state index is 0.0162. The van der Waals surface area contributed by atoms with Crippen molar-refractivity contribution in [2.24, 2.45) is 0 Å². The summed E-state index contributed by atoms with van der Waals surface area (Å²) in [5.41, 5.74) is 1.80. The van der Waals surface area contributed by atoms with Crippen LogP contribution in [0.5, 0.6) is 11.5 Å². The van der Waals surface area contributed by atoms with Gasteiger partial charge in [-0.3, -0.25) is 9.69 Å². The second-order valence-electron chi connectivity index (χ2n) is 7.82. The third-order valence-electron chi connectivity index (χ3n) is 6.05. The zero-order valence-corrected chi connectivity index (χ0v) is 17.0. The van der Waals surface area contributed by atoms with E-state index in [4.69, 9.17) is 4.74 Å². The number of benzene rings is 2. The summed E-state index contributed by atoms with van der Waals surface area (Å²) in [6.07, 6.45) is 2.15. The molecule has 1 atom stereocenters. The molecule has 0 aliphatic carbocycles. The van der Waals surface area contributed by atoms with Crippen LogP contribution in [0.25, 0.3) is 0 Å². The summed E-state index contributed by atoms with van der Waals surface area (Å²) in [5.74, 6) is 1.03. The number of likely N-dealkylation sites (tertiary alicyclic amines) is 1. The number of phenols is 1. The lowest BCUT2D eigenvalue weighted by Crippen LogP contribution is -2.55. The number of piperidine rings is 1. The average Bonchev–Trinajstić information content (AvgIpc) is 2.79. The highest BCUT2D eigenvalue weighted by molar-refractivity contribution is 5.94. The van der Waals surface area contributed by atoms with Gasteiger partial charge in [0.1, 0.15) is 11.5 Å². The summed E-state index contributed by atoms with van der Waals surface area (Å²) in [6, 6.07) is 15.3. The number of phenolic OH excluding ortho intramolecular Hbond substituents is 1. The summed E-state index contributed by atoms with van der Waals surface area (Å²) in [4.78, 5) is 19.7. The molecule has 1 N–H and O–H groups in total. The number of ether oxygens (including phenoxy) is 1. The number of hydrogen-bond donors (Lipinski definition) is 1. The highest BCUT2D eigenvalue weighted by Crippen LogP contribution is 2.24. The molecule has 0 saturated carbocycles. The summed E-state index contributed by atoms with van der Waals surface area (Å²) in [5, 5.41) is 9.67. The fourth-order valence-electron chi connectivity index (χ4n) is 4.40. The van der Waals surface area contributed by atoms with E-state index in [1.807, 2.05) is 17.0 Å². The van der Waals surface area contributed by atoms with Gasteiger partial charge in [-0.2, -0.15) is 0 Å². The Labute approximate surface area is 172 Å². The predicted octanol–water partition coefficient (Wildman–Crippen LogP) is 2.83. The Morgan fingerprint density at radius 2 is 1.79 bits per heavy atom. The Balaban J connectivity index is 1.34. The lowest BCUT2D eigenvalue weighted by atomic mass is 10.0. The fraction of sp³-hybridized carbons (Fsp3) is 0.435. The van der Waals surface area contributed by atoms with Crippen LogP contribution in [0.4, 0.5) is 5.69 Å². The number of rotatable bonds is 4. The van der Waals surface area contributed by atoms with Crippen molar-refractivity contribution in [3.05, 3.63) is 54.1 Å². The van der Waals surface area contributed by atoms with Gasteiger partial charge in [0.15, 0.2) is 0 Å². The molecule has 2 aliphatic rings. The standard InChI is InChI=1S/C23H29N3O3/c1-29-22-9-7-19(8-10-22)24-12-14-25(15-13-24)20-5-3-11-26(17-20)23(28)18-4-2-6-21(27)16-18/h2,4,6-10,16,20,27H,3,5,11-15,17H2,1H3/t20-/m1/s1. The van der Waals surface area contributed by atoms with Gasteiger partial charge in [0, 0.05) is 56.6 Å². The zero-order valence-electron chi connectivity index (χ0n) is 17.0. The van der Waals surface area contributed by atoms with Crippen LogP contribution in [0.2, 0.25) is 0 Å². The minimum Gasteiger partial charge on any atom is -0.508 e. The van der Waals surface area contributed by atoms with Gasteiger partial charge in [-0.15, -0.1) is 0 Å². The minimum absolute atomic E-state index is 0.0162. The van der Waals surface area contributed by atoms with Gasteiger partial charge in [0.2, 0.25) is 0 Å². The lowest BCUT2D eigenvalue weighted by Gasteiger charge is -2.44. The number of aromatic hydroxyl groups is 1. The first-order valence-corrected chi connectivity index (χ1v) is 10.4. The van der Waals surface area contributed by atoms with E-state index in [0.29, 0.717) is 11.6 Å². The molecule has 2 fully saturated rings. The van der Waals surface area contributed by atoms with Crippen LogP contribution in [-0.2, 0) is 0 Å². The van der Waals surface area contributed by atoms with Crippen molar-refractivity contribution in [2.75, 3.05) is 51.3 Å². The van der Waals surface area contributed by atoms with Gasteiger partial charge in [-0.25, -0.2) is 0 Å². The summed E-state index contributed by atoms with van der Waals surface area (Å²) in [7, 11) is 1.69. The highest BCUT2D eigenvalue weighted by atomic mass is 16.5. The van der Waals surface area contributed by atoms with E-state index in [9.17, 15) is 9.90 Å². The molecule has 1 amide bonds. The molecule has 6 nitrogen and oxygen atoms in total. The molecule has 2 aliphatic heterocycles. The third kappa shape index (κ3) is 4.48. The SMILES string of the molecule is COc1ccc(N2CCN([C@@H]3CCCN(C(=O)c4cccc(O)c4)C3)CC2)cc1. The Kier molecular flexibility index (Phi) is 5.90. The van der Waals surface area contributed by atoms with Crippen LogP contribution in [0, 0.1) is 0 Å². The van der Waals surface area contributed by atoms with E-state index in [1.165, 1.54) is 5.69 Å². The molecule has 154 valence electrons. The van der Waals surface area contributed by atoms with Crippen molar-refractivity contribution >= 4 is 11.6 Å². The van der Waals surface area contributed by atoms with E-state index < -0.39 is 0 Å². The second kappa shape index (κ2) is 8.74. The maximum atomic E-state index is 12.8. The molecule has 4 rings (SSSR count). The number of methoxy groups -OCH3 is 1. The van der Waals surface area contributed by atoms with Gasteiger partial charge in [-0.05, 0) is 55.3 Å². The number of hydrogen-bond acceptors (Lipinski definition) is 5. The van der Waals surface area contributed by atoms with Crippen LogP contribution < -0.4 is 9.64 Å². The molecule has 0 radical (unpaired) electrons. The lowest BCUT2D eigenvalue weighted by molar-refractivity contribution is 0.0563. The molecule has 29 heavy (non-hydrogen) atoms. The Bertz CT molecular complexity index is 832. The smallest absolute Gasteiger partial charge is 0.254 e. The molecule has 0 spiro atoms. The van der Waals surface area contributed by atoms with E-state index in [-0.39, 0.29) is 11.7 Å². The van der Waals surface area contributed by atoms with E-state index in [1.54, 1.807) is 31.4 Å². The summed E-state index contributed by atoms with van der Waals surface area (Å²) in [6.45, 7) is 5.54. The molecule has 0 aromatic heterocycles. The normalized spacial score (nSPS) is 20.5. The Hall–Kier alpha value is -2.73. The first kappa shape index (κ1) is 19.6. The van der Waals surface area contributed by atoms with Crippen LogP contribution in [0.3, 0.4) is 0 Å². The molecule has 2 heterocycles. The van der Waals surface area contributed by atoms with Gasteiger partial charge < -0.3 is 19.6 Å². The van der Waals surface area contributed by atoms with Crippen molar-refractivity contribution in [2.45, 2.75) is 18.9 Å². The molecule has 0 bridgehead atoms. The number of piperazine rings is 1. The number of carbonyl (C=O) groups excluding carboxylic acids is 1. The van der Waals surface area contributed by atoms with Crippen LogP contribution in [-0.4, -0.2) is 73.2 Å². The monoisotopic (exact) mass is 395 g/mol. The van der Waals surface area contributed by atoms with Crippen molar-refractivity contribution in [3.8, 4) is 11.5 Å². The van der Waals surface area contributed by atoms with E-state index >= 15 is 0 Å². The molecular formula is C23H29N3O3. The van der Waals surface area contributed by atoms with Gasteiger partial charge in [-0.1, -0.05) is 6.07 Å². The van der Waals surface area contributed by atoms with Crippen LogP contribution >= 0.6 is 0 Å². The van der Waals surface area contributed by atoms with Gasteiger partial charge in [0.25, 0.3) is 5.91 Å².